The molecule has 1 aromatic carbocycles. The first-order chi connectivity index (χ1) is 9.41. The minimum absolute atomic E-state index is 0.129. The third-order valence-electron chi connectivity index (χ3n) is 2.77. The Kier molecular flexibility index (Phi) is 5.93. The van der Waals surface area contributed by atoms with Gasteiger partial charge in [0.2, 0.25) is 5.78 Å². The predicted molar refractivity (Wildman–Crippen MR) is 79.6 cm³/mol. The van der Waals surface area contributed by atoms with Gasteiger partial charge in [-0.05, 0) is 12.2 Å². The molecular formula is C15H22N3O2+. The molecule has 108 valence electrons. The summed E-state index contributed by atoms with van der Waals surface area (Å²) in [6.07, 6.45) is 3.73. The Labute approximate surface area is 119 Å². The summed E-state index contributed by atoms with van der Waals surface area (Å²) < 4.78 is 5.37. The van der Waals surface area contributed by atoms with Crippen molar-refractivity contribution in [1.29, 1.82) is 5.41 Å². The molecule has 0 radical (unpaired) electrons. The van der Waals surface area contributed by atoms with Gasteiger partial charge in [0, 0.05) is 5.56 Å². The minimum Gasteiger partial charge on any atom is -0.461 e. The van der Waals surface area contributed by atoms with Crippen molar-refractivity contribution in [2.75, 3.05) is 33.8 Å². The lowest BCUT2D eigenvalue weighted by atomic mass is 10.1. The third-order valence-corrected chi connectivity index (χ3v) is 2.77. The maximum atomic E-state index is 12.1. The molecule has 0 atom stereocenters. The molecular weight excluding hydrogens is 254 g/mol. The molecule has 0 saturated carbocycles. The number of carbonyl (C=O) groups is 1. The van der Waals surface area contributed by atoms with E-state index in [2.05, 4.69) is 0 Å². The number of amidine groups is 1. The highest BCUT2D eigenvalue weighted by Gasteiger charge is 2.19. The number of nitrogens with two attached hydrogens (primary N) is 1. The van der Waals surface area contributed by atoms with Crippen molar-refractivity contribution in [3.8, 4) is 0 Å². The molecule has 5 nitrogen and oxygen atoms in total. The summed E-state index contributed by atoms with van der Waals surface area (Å²) in [5.74, 6) is 0.129. The van der Waals surface area contributed by atoms with E-state index in [-0.39, 0.29) is 18.4 Å². The maximum absolute atomic E-state index is 12.1. The van der Waals surface area contributed by atoms with Crippen LogP contribution in [0.25, 0.3) is 0 Å². The number of Topliss-reactive ketones (excluding diaryl/α,β-unsaturated/α-hetero) is 1. The van der Waals surface area contributed by atoms with E-state index in [1.165, 1.54) is 0 Å². The summed E-state index contributed by atoms with van der Waals surface area (Å²) in [7, 11) is 3.99. The van der Waals surface area contributed by atoms with Crippen LogP contribution in [0.1, 0.15) is 10.4 Å². The molecule has 0 aliphatic heterocycles. The van der Waals surface area contributed by atoms with Crippen LogP contribution in [0.5, 0.6) is 0 Å². The van der Waals surface area contributed by atoms with E-state index in [1.807, 2.05) is 50.5 Å². The van der Waals surface area contributed by atoms with E-state index in [4.69, 9.17) is 15.9 Å². The molecule has 1 rings (SSSR count). The number of hydrogen-bond donors (Lipinski definition) is 2. The molecule has 0 unspecified atom stereocenters. The zero-order valence-corrected chi connectivity index (χ0v) is 12.0. The van der Waals surface area contributed by atoms with Crippen LogP contribution in [-0.4, -0.2) is 50.1 Å². The summed E-state index contributed by atoms with van der Waals surface area (Å²) in [4.78, 5) is 12.1. The SMILES string of the molecule is C[N+](C)(CC=CCOC(=N)N)CC(=O)c1ccccc1. The second kappa shape index (κ2) is 7.45. The van der Waals surface area contributed by atoms with Crippen LogP contribution in [0, 0.1) is 5.41 Å². The molecule has 0 amide bonds. The number of likely N-dealkylation sites (N-methyl/N-ethyl adjacent to an activating group) is 1. The molecule has 1 aromatic rings. The number of carbonyl (C=O) groups excluding carboxylic acids is 1. The monoisotopic (exact) mass is 276 g/mol. The van der Waals surface area contributed by atoms with E-state index in [9.17, 15) is 4.79 Å². The van der Waals surface area contributed by atoms with Crippen molar-refractivity contribution in [3.05, 3.63) is 48.0 Å². The summed E-state index contributed by atoms with van der Waals surface area (Å²) in [5.41, 5.74) is 5.81. The van der Waals surface area contributed by atoms with Crippen molar-refractivity contribution < 1.29 is 14.0 Å². The van der Waals surface area contributed by atoms with Crippen LogP contribution >= 0.6 is 0 Å². The molecule has 0 heterocycles. The highest BCUT2D eigenvalue weighted by molar-refractivity contribution is 5.96. The second-order valence-electron chi connectivity index (χ2n) is 5.21. The van der Waals surface area contributed by atoms with Crippen LogP contribution in [0.2, 0.25) is 0 Å². The number of hydrogen-bond acceptors (Lipinski definition) is 3. The van der Waals surface area contributed by atoms with Crippen LogP contribution in [0.3, 0.4) is 0 Å². The lowest BCUT2D eigenvalue weighted by Gasteiger charge is -2.27. The number of ether oxygens (including phenoxy) is 1. The maximum Gasteiger partial charge on any atom is 0.279 e. The van der Waals surface area contributed by atoms with Crippen molar-refractivity contribution in [3.63, 3.8) is 0 Å². The average molecular weight is 276 g/mol. The molecule has 0 aromatic heterocycles. The average Bonchev–Trinajstić information content (AvgIpc) is 2.38. The molecule has 0 spiro atoms. The fourth-order valence-electron chi connectivity index (χ4n) is 1.73. The van der Waals surface area contributed by atoms with Crippen molar-refractivity contribution in [1.82, 2.24) is 0 Å². The number of rotatable bonds is 7. The fourth-order valence-corrected chi connectivity index (χ4v) is 1.73. The topological polar surface area (TPSA) is 76.2 Å². The Bertz CT molecular complexity index is 481. The van der Waals surface area contributed by atoms with Crippen LogP contribution in [-0.2, 0) is 4.74 Å². The standard InChI is InChI=1S/C15H22N3O2/c1-18(2,10-6-7-11-20-15(16)17)12-14(19)13-8-4-3-5-9-13/h3-9H,10-12H2,1-2H3,(H3,16,17)/q+1. The molecule has 5 heteroatoms. The molecule has 0 aliphatic carbocycles. The van der Waals surface area contributed by atoms with E-state index in [0.717, 1.165) is 5.56 Å². The third kappa shape index (κ3) is 6.15. The van der Waals surface area contributed by atoms with Crippen LogP contribution in [0.15, 0.2) is 42.5 Å². The molecule has 0 fully saturated rings. The second-order valence-corrected chi connectivity index (χ2v) is 5.21. The highest BCUT2D eigenvalue weighted by Crippen LogP contribution is 2.05. The summed E-state index contributed by atoms with van der Waals surface area (Å²) in [6, 6.07) is 9.01. The Morgan fingerprint density at radius 2 is 1.95 bits per heavy atom. The van der Waals surface area contributed by atoms with E-state index in [1.54, 1.807) is 6.08 Å². The van der Waals surface area contributed by atoms with E-state index < -0.39 is 0 Å². The Morgan fingerprint density at radius 3 is 2.55 bits per heavy atom. The number of quaternary nitrogens is 1. The van der Waals surface area contributed by atoms with E-state index >= 15 is 0 Å². The Hall–Kier alpha value is -2.14. The van der Waals surface area contributed by atoms with Crippen LogP contribution < -0.4 is 5.73 Å². The van der Waals surface area contributed by atoms with Crippen LogP contribution in [0.4, 0.5) is 0 Å². The summed E-state index contributed by atoms with van der Waals surface area (Å²) >= 11 is 0. The zero-order chi connectivity index (χ0) is 15.0. The lowest BCUT2D eigenvalue weighted by Crippen LogP contribution is -2.43. The van der Waals surface area contributed by atoms with Gasteiger partial charge < -0.3 is 15.0 Å². The predicted octanol–water partition coefficient (Wildman–Crippen LogP) is 1.41. The van der Waals surface area contributed by atoms with Gasteiger partial charge in [-0.25, -0.2) is 0 Å². The van der Waals surface area contributed by atoms with Gasteiger partial charge >= 0.3 is 0 Å². The number of ketones is 1. The molecule has 0 saturated heterocycles. The largest absolute Gasteiger partial charge is 0.461 e. The number of nitrogens with one attached hydrogen (secondary N) is 1. The quantitative estimate of drug-likeness (QED) is 0.260. The van der Waals surface area contributed by atoms with Gasteiger partial charge in [0.15, 0.2) is 0 Å². The Morgan fingerprint density at radius 1 is 1.30 bits per heavy atom. The molecule has 0 bridgehead atoms. The van der Waals surface area contributed by atoms with Gasteiger partial charge in [-0.2, -0.15) is 0 Å². The Balaban J connectivity index is 2.45. The minimum atomic E-state index is -0.289. The molecule has 20 heavy (non-hydrogen) atoms. The van der Waals surface area contributed by atoms with Gasteiger partial charge in [-0.3, -0.25) is 10.2 Å². The van der Waals surface area contributed by atoms with Crippen molar-refractivity contribution in [2.45, 2.75) is 0 Å². The van der Waals surface area contributed by atoms with Gasteiger partial charge in [0.05, 0.1) is 20.6 Å². The first kappa shape index (κ1) is 15.9. The summed E-state index contributed by atoms with van der Waals surface area (Å²) in [5, 5.41) is 6.91. The fraction of sp³-hybridized carbons (Fsp3) is 0.333. The summed E-state index contributed by atoms with van der Waals surface area (Å²) in [6.45, 7) is 1.42. The van der Waals surface area contributed by atoms with Gasteiger partial charge in [0.1, 0.15) is 13.2 Å². The number of benzene rings is 1. The smallest absolute Gasteiger partial charge is 0.279 e. The highest BCUT2D eigenvalue weighted by atomic mass is 16.5. The van der Waals surface area contributed by atoms with Crippen molar-refractivity contribution >= 4 is 11.8 Å². The first-order valence-electron chi connectivity index (χ1n) is 6.43. The zero-order valence-electron chi connectivity index (χ0n) is 12.0. The first-order valence-corrected chi connectivity index (χ1v) is 6.43. The van der Waals surface area contributed by atoms with Gasteiger partial charge in [0.25, 0.3) is 6.02 Å². The molecule has 3 N–H and O–H groups in total. The number of nitrogens with zero attached hydrogens (tertiary/aromatic N) is 1. The molecule has 0 aliphatic rings. The van der Waals surface area contributed by atoms with E-state index in [0.29, 0.717) is 17.6 Å². The van der Waals surface area contributed by atoms with Gasteiger partial charge in [-0.15, -0.1) is 0 Å². The lowest BCUT2D eigenvalue weighted by molar-refractivity contribution is -0.875. The van der Waals surface area contributed by atoms with Gasteiger partial charge in [-0.1, -0.05) is 30.3 Å². The normalized spacial score (nSPS) is 11.5. The van der Waals surface area contributed by atoms with Crippen molar-refractivity contribution in [2.24, 2.45) is 5.73 Å².